The van der Waals surface area contributed by atoms with Crippen LogP contribution in [-0.4, -0.2) is 47.2 Å². The quantitative estimate of drug-likeness (QED) is 0.655. The number of aliphatic hydroxyl groups is 1. The molecule has 0 heterocycles. The van der Waals surface area contributed by atoms with Gasteiger partial charge in [0.25, 0.3) is 0 Å². The Morgan fingerprint density at radius 3 is 2.30 bits per heavy atom. The highest BCUT2D eigenvalue weighted by atomic mass is 16.4. The molecule has 0 saturated heterocycles. The number of nitrogens with zero attached hydrogens (tertiary/aromatic N) is 1. The fourth-order valence-corrected chi connectivity index (χ4v) is 2.00. The zero-order chi connectivity index (χ0) is 17.4. The molecule has 7 nitrogen and oxygen atoms in total. The number of hydrogen-bond acceptors (Lipinski definition) is 4. The van der Waals surface area contributed by atoms with E-state index in [1.165, 1.54) is 11.8 Å². The van der Waals surface area contributed by atoms with Crippen molar-refractivity contribution in [2.24, 2.45) is 0 Å². The predicted octanol–water partition coefficient (Wildman–Crippen LogP) is 0.770. The molecule has 0 spiro atoms. The Bertz CT molecular complexity index is 545. The SMILES string of the molecule is CC(O)C(NC(=O)CCCC(=O)N(C)c1ccccc1)C(=O)O. The Morgan fingerprint density at radius 2 is 1.78 bits per heavy atom. The van der Waals surface area contributed by atoms with Crippen LogP contribution in [-0.2, 0) is 14.4 Å². The van der Waals surface area contributed by atoms with Crippen LogP contribution in [0.1, 0.15) is 26.2 Å². The highest BCUT2D eigenvalue weighted by Gasteiger charge is 2.24. The van der Waals surface area contributed by atoms with E-state index in [1.807, 2.05) is 30.3 Å². The van der Waals surface area contributed by atoms with Crippen molar-refractivity contribution in [1.29, 1.82) is 0 Å². The second-order valence-electron chi connectivity index (χ2n) is 5.27. The Hall–Kier alpha value is -2.41. The Balaban J connectivity index is 2.40. The summed E-state index contributed by atoms with van der Waals surface area (Å²) in [6.45, 7) is 1.29. The maximum Gasteiger partial charge on any atom is 0.328 e. The van der Waals surface area contributed by atoms with Crippen LogP contribution >= 0.6 is 0 Å². The molecule has 0 aliphatic rings. The van der Waals surface area contributed by atoms with Gasteiger partial charge in [0.05, 0.1) is 6.10 Å². The molecule has 126 valence electrons. The fraction of sp³-hybridized carbons (Fsp3) is 0.438. The predicted molar refractivity (Wildman–Crippen MR) is 85.0 cm³/mol. The lowest BCUT2D eigenvalue weighted by atomic mass is 10.1. The molecular weight excluding hydrogens is 300 g/mol. The minimum atomic E-state index is -1.34. The number of amides is 2. The topological polar surface area (TPSA) is 107 Å². The molecule has 3 N–H and O–H groups in total. The highest BCUT2D eigenvalue weighted by Crippen LogP contribution is 2.13. The molecule has 1 aromatic carbocycles. The summed E-state index contributed by atoms with van der Waals surface area (Å²) in [6.07, 6.45) is -0.702. The van der Waals surface area contributed by atoms with E-state index in [1.54, 1.807) is 7.05 Å². The molecular formula is C16H22N2O5. The van der Waals surface area contributed by atoms with Crippen LogP contribution in [0, 0.1) is 0 Å². The van der Waals surface area contributed by atoms with Gasteiger partial charge in [-0.2, -0.15) is 0 Å². The molecule has 2 amide bonds. The zero-order valence-corrected chi connectivity index (χ0v) is 13.2. The van der Waals surface area contributed by atoms with Gasteiger partial charge in [0.1, 0.15) is 0 Å². The van der Waals surface area contributed by atoms with Gasteiger partial charge in [-0.3, -0.25) is 9.59 Å². The standard InChI is InChI=1S/C16H22N2O5/c1-11(19)15(16(22)23)17-13(20)9-6-10-14(21)18(2)12-7-4-3-5-8-12/h3-5,7-8,11,15,19H,6,9-10H2,1-2H3,(H,17,20)(H,22,23). The normalized spacial score (nSPS) is 13.0. The molecule has 0 aliphatic carbocycles. The van der Waals surface area contributed by atoms with E-state index in [0.29, 0.717) is 6.42 Å². The van der Waals surface area contributed by atoms with Crippen molar-refractivity contribution >= 4 is 23.5 Å². The van der Waals surface area contributed by atoms with Gasteiger partial charge >= 0.3 is 5.97 Å². The first-order valence-electron chi connectivity index (χ1n) is 7.34. The molecule has 0 fully saturated rings. The van der Waals surface area contributed by atoms with Crippen molar-refractivity contribution in [2.75, 3.05) is 11.9 Å². The van der Waals surface area contributed by atoms with Crippen molar-refractivity contribution in [3.8, 4) is 0 Å². The summed E-state index contributed by atoms with van der Waals surface area (Å²) in [4.78, 5) is 36.1. The van der Waals surface area contributed by atoms with Gasteiger partial charge in [-0.15, -0.1) is 0 Å². The average Bonchev–Trinajstić information content (AvgIpc) is 2.52. The van der Waals surface area contributed by atoms with Crippen molar-refractivity contribution in [1.82, 2.24) is 5.32 Å². The van der Waals surface area contributed by atoms with E-state index in [-0.39, 0.29) is 18.7 Å². The third-order valence-corrected chi connectivity index (χ3v) is 3.38. The van der Waals surface area contributed by atoms with Gasteiger partial charge in [-0.25, -0.2) is 4.79 Å². The number of carbonyl (C=O) groups is 3. The molecule has 7 heteroatoms. The monoisotopic (exact) mass is 322 g/mol. The second-order valence-corrected chi connectivity index (χ2v) is 5.27. The molecule has 1 aromatic rings. The van der Waals surface area contributed by atoms with Gasteiger partial charge < -0.3 is 20.4 Å². The van der Waals surface area contributed by atoms with Crippen LogP contribution < -0.4 is 10.2 Å². The van der Waals surface area contributed by atoms with Gasteiger partial charge in [0, 0.05) is 25.6 Å². The molecule has 0 saturated carbocycles. The van der Waals surface area contributed by atoms with E-state index in [9.17, 15) is 19.5 Å². The minimum Gasteiger partial charge on any atom is -0.480 e. The van der Waals surface area contributed by atoms with Gasteiger partial charge in [-0.1, -0.05) is 18.2 Å². The van der Waals surface area contributed by atoms with Crippen LogP contribution in [0.5, 0.6) is 0 Å². The van der Waals surface area contributed by atoms with E-state index in [2.05, 4.69) is 5.32 Å². The number of para-hydroxylation sites is 1. The van der Waals surface area contributed by atoms with Crippen LogP contribution in [0.3, 0.4) is 0 Å². The van der Waals surface area contributed by atoms with Crippen molar-refractivity contribution in [3.05, 3.63) is 30.3 Å². The number of nitrogens with one attached hydrogen (secondary N) is 1. The van der Waals surface area contributed by atoms with Crippen molar-refractivity contribution in [3.63, 3.8) is 0 Å². The number of carbonyl (C=O) groups excluding carboxylic acids is 2. The van der Waals surface area contributed by atoms with Crippen molar-refractivity contribution in [2.45, 2.75) is 38.3 Å². The number of carboxylic acids is 1. The summed E-state index contributed by atoms with van der Waals surface area (Å²) in [5.41, 5.74) is 0.766. The molecule has 0 aromatic heterocycles. The third kappa shape index (κ3) is 6.07. The number of aliphatic carboxylic acids is 1. The van der Waals surface area contributed by atoms with Gasteiger partial charge in [0.2, 0.25) is 11.8 Å². The summed E-state index contributed by atoms with van der Waals surface area (Å²) < 4.78 is 0. The van der Waals surface area contributed by atoms with Gasteiger partial charge in [-0.05, 0) is 25.5 Å². The Labute approximate surface area is 134 Å². The number of aliphatic hydroxyl groups excluding tert-OH is 1. The van der Waals surface area contributed by atoms with Gasteiger partial charge in [0.15, 0.2) is 6.04 Å². The summed E-state index contributed by atoms with van der Waals surface area (Å²) >= 11 is 0. The summed E-state index contributed by atoms with van der Waals surface area (Å²) in [5.74, 6) is -1.93. The number of hydrogen-bond donors (Lipinski definition) is 3. The Kier molecular flexibility index (Phi) is 7.21. The summed E-state index contributed by atoms with van der Waals surface area (Å²) in [5, 5.41) is 20.4. The van der Waals surface area contributed by atoms with E-state index in [0.717, 1.165) is 5.69 Å². The molecule has 2 unspecified atom stereocenters. The fourth-order valence-electron chi connectivity index (χ4n) is 2.00. The third-order valence-electron chi connectivity index (χ3n) is 3.38. The largest absolute Gasteiger partial charge is 0.480 e. The minimum absolute atomic E-state index is 0.0187. The van der Waals surface area contributed by atoms with Crippen LogP contribution in [0.25, 0.3) is 0 Å². The number of anilines is 1. The lowest BCUT2D eigenvalue weighted by Crippen LogP contribution is -2.47. The smallest absolute Gasteiger partial charge is 0.328 e. The second kappa shape index (κ2) is 8.89. The Morgan fingerprint density at radius 1 is 1.17 bits per heavy atom. The van der Waals surface area contributed by atoms with E-state index >= 15 is 0 Å². The average molecular weight is 322 g/mol. The first-order chi connectivity index (χ1) is 10.8. The summed E-state index contributed by atoms with van der Waals surface area (Å²) in [7, 11) is 1.66. The highest BCUT2D eigenvalue weighted by molar-refractivity contribution is 5.93. The summed E-state index contributed by atoms with van der Waals surface area (Å²) in [6, 6.07) is 7.79. The molecule has 0 bridgehead atoms. The van der Waals surface area contributed by atoms with Crippen molar-refractivity contribution < 1.29 is 24.6 Å². The maximum absolute atomic E-state index is 12.0. The van der Waals surface area contributed by atoms with E-state index in [4.69, 9.17) is 5.11 Å². The first kappa shape index (κ1) is 18.6. The van der Waals surface area contributed by atoms with Crippen LogP contribution in [0.15, 0.2) is 30.3 Å². The van der Waals surface area contributed by atoms with Crippen LogP contribution in [0.2, 0.25) is 0 Å². The van der Waals surface area contributed by atoms with E-state index < -0.39 is 24.0 Å². The zero-order valence-electron chi connectivity index (χ0n) is 13.2. The molecule has 0 radical (unpaired) electrons. The maximum atomic E-state index is 12.0. The lowest BCUT2D eigenvalue weighted by Gasteiger charge is -2.18. The number of benzene rings is 1. The molecule has 1 rings (SSSR count). The molecule has 0 aliphatic heterocycles. The van der Waals surface area contributed by atoms with Crippen LogP contribution in [0.4, 0.5) is 5.69 Å². The molecule has 2 atom stereocenters. The number of carboxylic acid groups (broad SMARTS) is 1. The molecule has 23 heavy (non-hydrogen) atoms. The number of rotatable bonds is 8. The lowest BCUT2D eigenvalue weighted by molar-refractivity contribution is -0.144. The first-order valence-corrected chi connectivity index (χ1v) is 7.34.